The van der Waals surface area contributed by atoms with E-state index in [-0.39, 0.29) is 0 Å². The third-order valence-corrected chi connectivity index (χ3v) is 5.64. The number of fused-ring (bicyclic) bond motifs is 1. The molecule has 0 aliphatic carbocycles. The number of pyridine rings is 1. The van der Waals surface area contributed by atoms with Crippen LogP contribution in [-0.4, -0.2) is 51.8 Å². The van der Waals surface area contributed by atoms with E-state index in [1.54, 1.807) is 18.0 Å². The summed E-state index contributed by atoms with van der Waals surface area (Å²) in [6.07, 6.45) is 8.62. The van der Waals surface area contributed by atoms with Gasteiger partial charge in [0, 0.05) is 62.6 Å². The number of anilines is 1. The van der Waals surface area contributed by atoms with Gasteiger partial charge in [0.15, 0.2) is 5.16 Å². The average Bonchev–Trinajstić information content (AvgIpc) is 3.17. The first kappa shape index (κ1) is 17.3. The quantitative estimate of drug-likeness (QED) is 0.487. The van der Waals surface area contributed by atoms with Gasteiger partial charge in [-0.3, -0.25) is 4.90 Å². The molecule has 1 saturated heterocycles. The zero-order chi connectivity index (χ0) is 17.8. The van der Waals surface area contributed by atoms with Crippen molar-refractivity contribution in [3.8, 4) is 0 Å². The van der Waals surface area contributed by atoms with E-state index < -0.39 is 0 Å². The van der Waals surface area contributed by atoms with Gasteiger partial charge in [-0.25, -0.2) is 15.0 Å². The molecule has 0 unspecified atom stereocenters. The summed E-state index contributed by atoms with van der Waals surface area (Å²) in [5.41, 5.74) is 2.07. The minimum atomic E-state index is 0.875. The van der Waals surface area contributed by atoms with Crippen molar-refractivity contribution in [1.29, 1.82) is 0 Å². The molecule has 0 spiro atoms. The Balaban J connectivity index is 1.34. The topological polar surface area (TPSA) is 58.3 Å². The molecule has 1 aliphatic heterocycles. The van der Waals surface area contributed by atoms with Crippen molar-refractivity contribution < 1.29 is 4.42 Å². The van der Waals surface area contributed by atoms with Gasteiger partial charge < -0.3 is 9.32 Å². The van der Waals surface area contributed by atoms with E-state index in [9.17, 15) is 0 Å². The van der Waals surface area contributed by atoms with Gasteiger partial charge in [0.2, 0.25) is 0 Å². The number of nitrogens with zero attached hydrogens (tertiary/aromatic N) is 5. The Kier molecular flexibility index (Phi) is 5.36. The molecule has 136 valence electrons. The molecule has 1 fully saturated rings. The third-order valence-electron chi connectivity index (χ3n) is 4.55. The minimum Gasteiger partial charge on any atom is -0.464 e. The molecule has 4 rings (SSSR count). The highest BCUT2D eigenvalue weighted by Gasteiger charge is 2.20. The van der Waals surface area contributed by atoms with Gasteiger partial charge in [-0.1, -0.05) is 18.7 Å². The predicted octanol–water partition coefficient (Wildman–Crippen LogP) is 3.44. The number of furan rings is 1. The second-order valence-electron chi connectivity index (χ2n) is 6.45. The zero-order valence-corrected chi connectivity index (χ0v) is 15.8. The molecule has 0 aromatic carbocycles. The van der Waals surface area contributed by atoms with Crippen LogP contribution in [-0.2, 0) is 6.54 Å². The molecule has 0 saturated carbocycles. The van der Waals surface area contributed by atoms with Crippen molar-refractivity contribution in [3.63, 3.8) is 0 Å². The van der Waals surface area contributed by atoms with Gasteiger partial charge in [-0.2, -0.15) is 0 Å². The molecule has 0 atom stereocenters. The fraction of sp³-hybridized carbons (Fsp3) is 0.421. The highest BCUT2D eigenvalue weighted by Crippen LogP contribution is 2.26. The summed E-state index contributed by atoms with van der Waals surface area (Å²) >= 11 is 1.72. The predicted molar refractivity (Wildman–Crippen MR) is 105 cm³/mol. The number of rotatable bonds is 6. The van der Waals surface area contributed by atoms with Crippen LogP contribution in [0.2, 0.25) is 0 Å². The summed E-state index contributed by atoms with van der Waals surface area (Å²) < 4.78 is 5.49. The lowest BCUT2D eigenvalue weighted by Gasteiger charge is -2.35. The number of aromatic nitrogens is 3. The summed E-state index contributed by atoms with van der Waals surface area (Å²) in [4.78, 5) is 18.3. The molecule has 7 heteroatoms. The van der Waals surface area contributed by atoms with Crippen LogP contribution in [0.4, 0.5) is 5.82 Å². The van der Waals surface area contributed by atoms with Crippen molar-refractivity contribution in [3.05, 3.63) is 42.5 Å². The van der Waals surface area contributed by atoms with E-state index in [4.69, 9.17) is 4.42 Å². The molecule has 0 amide bonds. The van der Waals surface area contributed by atoms with Gasteiger partial charge in [0.1, 0.15) is 11.4 Å². The Hall–Kier alpha value is -2.12. The van der Waals surface area contributed by atoms with E-state index >= 15 is 0 Å². The third kappa shape index (κ3) is 3.83. The molecule has 6 nitrogen and oxygen atoms in total. The fourth-order valence-electron chi connectivity index (χ4n) is 3.20. The molecule has 0 N–H and O–H groups in total. The maximum absolute atomic E-state index is 5.49. The maximum Gasteiger partial charge on any atom is 0.187 e. The summed E-state index contributed by atoms with van der Waals surface area (Å²) in [7, 11) is 0. The van der Waals surface area contributed by atoms with E-state index in [1.807, 2.05) is 30.7 Å². The number of thioether (sulfide) groups is 1. The lowest BCUT2D eigenvalue weighted by Crippen LogP contribution is -2.46. The van der Waals surface area contributed by atoms with Crippen LogP contribution in [0.25, 0.3) is 11.0 Å². The largest absolute Gasteiger partial charge is 0.464 e. The first-order valence-electron chi connectivity index (χ1n) is 9.06. The van der Waals surface area contributed by atoms with Gasteiger partial charge >= 0.3 is 0 Å². The van der Waals surface area contributed by atoms with E-state index in [0.717, 1.165) is 66.8 Å². The number of piperazine rings is 1. The highest BCUT2D eigenvalue weighted by molar-refractivity contribution is 7.99. The molecule has 3 aromatic heterocycles. The summed E-state index contributed by atoms with van der Waals surface area (Å²) in [5, 5.41) is 1.97. The van der Waals surface area contributed by atoms with E-state index in [0.29, 0.717) is 0 Å². The van der Waals surface area contributed by atoms with Crippen LogP contribution in [0.3, 0.4) is 0 Å². The monoisotopic (exact) mass is 369 g/mol. The summed E-state index contributed by atoms with van der Waals surface area (Å²) in [6.45, 7) is 7.00. The Labute approximate surface area is 157 Å². The maximum atomic E-state index is 5.49. The molecule has 1 aliphatic rings. The Bertz CT molecular complexity index is 843. The smallest absolute Gasteiger partial charge is 0.187 e. The summed E-state index contributed by atoms with van der Waals surface area (Å²) in [6, 6.07) is 3.91. The molecular formula is C19H23N5OS. The van der Waals surface area contributed by atoms with Gasteiger partial charge in [0.05, 0.1) is 11.6 Å². The second kappa shape index (κ2) is 8.05. The lowest BCUT2D eigenvalue weighted by molar-refractivity contribution is 0.249. The minimum absolute atomic E-state index is 0.875. The molecular weight excluding hydrogens is 346 g/mol. The van der Waals surface area contributed by atoms with Crippen LogP contribution in [0.15, 0.2) is 46.6 Å². The standard InChI is InChI=1S/C19H23N5OS/c1-2-11-26-19-21-12-15(13-22-19)14-23-6-8-24(9-7-23)18-16-4-10-25-17(16)3-5-20-18/h3-5,10,12-13H,2,6-9,11,14H2,1H3. The number of hydrogen-bond acceptors (Lipinski definition) is 7. The first-order chi connectivity index (χ1) is 12.8. The van der Waals surface area contributed by atoms with Crippen molar-refractivity contribution in [2.75, 3.05) is 36.8 Å². The van der Waals surface area contributed by atoms with Crippen molar-refractivity contribution in [2.24, 2.45) is 0 Å². The Morgan fingerprint density at radius 2 is 1.88 bits per heavy atom. The van der Waals surface area contributed by atoms with Crippen molar-refractivity contribution in [1.82, 2.24) is 19.9 Å². The molecule has 3 aromatic rings. The fourth-order valence-corrected chi connectivity index (χ4v) is 3.84. The van der Waals surface area contributed by atoms with Crippen molar-refractivity contribution >= 4 is 28.5 Å². The SMILES string of the molecule is CCCSc1ncc(CN2CCN(c3nccc4occc34)CC2)cn1. The Morgan fingerprint density at radius 3 is 2.65 bits per heavy atom. The Morgan fingerprint density at radius 1 is 1.08 bits per heavy atom. The average molecular weight is 369 g/mol. The molecule has 0 bridgehead atoms. The second-order valence-corrected chi connectivity index (χ2v) is 7.51. The van der Waals surface area contributed by atoms with Crippen molar-refractivity contribution in [2.45, 2.75) is 25.0 Å². The van der Waals surface area contributed by atoms with Crippen LogP contribution < -0.4 is 4.90 Å². The number of hydrogen-bond donors (Lipinski definition) is 0. The zero-order valence-electron chi connectivity index (χ0n) is 15.0. The van der Waals surface area contributed by atoms with Crippen LogP contribution in [0.1, 0.15) is 18.9 Å². The first-order valence-corrected chi connectivity index (χ1v) is 10.1. The highest BCUT2D eigenvalue weighted by atomic mass is 32.2. The van der Waals surface area contributed by atoms with E-state index in [1.165, 1.54) is 5.56 Å². The molecule has 4 heterocycles. The van der Waals surface area contributed by atoms with Gasteiger partial charge in [-0.15, -0.1) is 0 Å². The van der Waals surface area contributed by atoms with Gasteiger partial charge in [-0.05, 0) is 18.6 Å². The van der Waals surface area contributed by atoms with Crippen LogP contribution in [0.5, 0.6) is 0 Å². The van der Waals surface area contributed by atoms with Crippen LogP contribution in [0, 0.1) is 0 Å². The molecule has 26 heavy (non-hydrogen) atoms. The lowest BCUT2D eigenvalue weighted by atomic mass is 10.2. The normalized spacial score (nSPS) is 15.7. The van der Waals surface area contributed by atoms with E-state index in [2.05, 4.69) is 31.7 Å². The van der Waals surface area contributed by atoms with Gasteiger partial charge in [0.25, 0.3) is 0 Å². The summed E-state index contributed by atoms with van der Waals surface area (Å²) in [5.74, 6) is 2.09. The van der Waals surface area contributed by atoms with Crippen LogP contribution >= 0.6 is 11.8 Å². The molecule has 0 radical (unpaired) electrons.